The summed E-state index contributed by atoms with van der Waals surface area (Å²) < 4.78 is 11.7. The van der Waals surface area contributed by atoms with E-state index in [4.69, 9.17) is 9.47 Å². The highest BCUT2D eigenvalue weighted by molar-refractivity contribution is 5.56. The highest BCUT2D eigenvalue weighted by atomic mass is 16.5. The van der Waals surface area contributed by atoms with Crippen molar-refractivity contribution in [2.45, 2.75) is 46.5 Å². The number of hydrogen-bond acceptors (Lipinski definition) is 3. The van der Waals surface area contributed by atoms with Crippen LogP contribution in [0.4, 0.5) is 5.69 Å². The molecule has 2 rings (SSSR count). The van der Waals surface area contributed by atoms with Gasteiger partial charge in [-0.1, -0.05) is 58.9 Å². The normalized spacial score (nSPS) is 11.5. The molecule has 3 heteroatoms. The summed E-state index contributed by atoms with van der Waals surface area (Å²) in [5.41, 5.74) is 2.57. The minimum absolute atomic E-state index is 0.208. The van der Waals surface area contributed by atoms with Crippen LogP contribution in [0.25, 0.3) is 0 Å². The maximum Gasteiger partial charge on any atom is 0.142 e. The van der Waals surface area contributed by atoms with Crippen molar-refractivity contribution in [2.24, 2.45) is 5.92 Å². The molecule has 0 amide bonds. The Hall–Kier alpha value is -2.16. The molecule has 0 aliphatic carbocycles. The summed E-state index contributed by atoms with van der Waals surface area (Å²) in [6.45, 7) is 13.1. The number of nitrogens with one attached hydrogen (secondary N) is 1. The zero-order valence-electron chi connectivity index (χ0n) is 16.8. The van der Waals surface area contributed by atoms with Gasteiger partial charge in [-0.15, -0.1) is 0 Å². The molecule has 0 aromatic heterocycles. The lowest BCUT2D eigenvalue weighted by Gasteiger charge is -2.23. The third-order valence-corrected chi connectivity index (χ3v) is 4.67. The van der Waals surface area contributed by atoms with Gasteiger partial charge in [-0.25, -0.2) is 0 Å². The fourth-order valence-electron chi connectivity index (χ4n) is 2.56. The van der Waals surface area contributed by atoms with Gasteiger partial charge in [0, 0.05) is 6.54 Å². The molecule has 0 bridgehead atoms. The Balaban J connectivity index is 1.82. The molecule has 0 spiro atoms. The molecular weight excluding hydrogens is 322 g/mol. The molecule has 0 fully saturated rings. The molecule has 3 nitrogen and oxygen atoms in total. The number of anilines is 1. The number of para-hydroxylation sites is 2. The molecule has 2 aromatic carbocycles. The van der Waals surface area contributed by atoms with Crippen molar-refractivity contribution in [3.8, 4) is 11.5 Å². The molecule has 0 radical (unpaired) electrons. The van der Waals surface area contributed by atoms with Crippen LogP contribution < -0.4 is 14.8 Å². The van der Waals surface area contributed by atoms with E-state index in [-0.39, 0.29) is 5.41 Å². The minimum Gasteiger partial charge on any atom is -0.492 e. The maximum atomic E-state index is 5.87. The Labute approximate surface area is 158 Å². The van der Waals surface area contributed by atoms with E-state index in [9.17, 15) is 0 Å². The van der Waals surface area contributed by atoms with Gasteiger partial charge in [0.2, 0.25) is 0 Å². The SMILES string of the molecule is CCC(C)(C)c1ccc(OCCNc2ccccc2OCC(C)C)cc1. The summed E-state index contributed by atoms with van der Waals surface area (Å²) in [5, 5.41) is 3.40. The molecule has 0 unspecified atom stereocenters. The zero-order chi connectivity index (χ0) is 19.0. The summed E-state index contributed by atoms with van der Waals surface area (Å²) >= 11 is 0. The molecule has 26 heavy (non-hydrogen) atoms. The number of ether oxygens (including phenoxy) is 2. The van der Waals surface area contributed by atoms with E-state index >= 15 is 0 Å². The Morgan fingerprint density at radius 3 is 2.31 bits per heavy atom. The van der Waals surface area contributed by atoms with Gasteiger partial charge in [-0.2, -0.15) is 0 Å². The predicted molar refractivity (Wildman–Crippen MR) is 111 cm³/mol. The van der Waals surface area contributed by atoms with Gasteiger partial charge >= 0.3 is 0 Å². The molecule has 0 heterocycles. The second kappa shape index (κ2) is 9.51. The van der Waals surface area contributed by atoms with Crippen LogP contribution in [-0.4, -0.2) is 19.8 Å². The lowest BCUT2D eigenvalue weighted by atomic mass is 9.82. The fraction of sp³-hybridized carbons (Fsp3) is 0.478. The Morgan fingerprint density at radius 2 is 1.65 bits per heavy atom. The largest absolute Gasteiger partial charge is 0.492 e. The zero-order valence-corrected chi connectivity index (χ0v) is 16.8. The number of rotatable bonds is 10. The second-order valence-electron chi connectivity index (χ2n) is 7.74. The van der Waals surface area contributed by atoms with Gasteiger partial charge in [0.05, 0.1) is 12.3 Å². The molecule has 0 atom stereocenters. The molecule has 1 N–H and O–H groups in total. The van der Waals surface area contributed by atoms with Crippen molar-refractivity contribution >= 4 is 5.69 Å². The monoisotopic (exact) mass is 355 g/mol. The van der Waals surface area contributed by atoms with E-state index in [1.54, 1.807) is 0 Å². The van der Waals surface area contributed by atoms with Gasteiger partial charge < -0.3 is 14.8 Å². The van der Waals surface area contributed by atoms with E-state index in [0.717, 1.165) is 36.8 Å². The van der Waals surface area contributed by atoms with Crippen LogP contribution in [-0.2, 0) is 5.41 Å². The third kappa shape index (κ3) is 5.98. The summed E-state index contributed by atoms with van der Waals surface area (Å²) in [4.78, 5) is 0. The highest BCUT2D eigenvalue weighted by Gasteiger charge is 2.17. The van der Waals surface area contributed by atoms with Gasteiger partial charge in [0.1, 0.15) is 18.1 Å². The van der Waals surface area contributed by atoms with E-state index in [0.29, 0.717) is 12.5 Å². The Bertz CT molecular complexity index is 662. The van der Waals surface area contributed by atoms with Gasteiger partial charge in [0.25, 0.3) is 0 Å². The lowest BCUT2D eigenvalue weighted by molar-refractivity contribution is 0.272. The van der Waals surface area contributed by atoms with Crippen molar-refractivity contribution in [1.29, 1.82) is 0 Å². The molecule has 142 valence electrons. The summed E-state index contributed by atoms with van der Waals surface area (Å²) in [6, 6.07) is 16.5. The van der Waals surface area contributed by atoms with Gasteiger partial charge in [-0.05, 0) is 47.6 Å². The smallest absolute Gasteiger partial charge is 0.142 e. The van der Waals surface area contributed by atoms with Gasteiger partial charge in [-0.3, -0.25) is 0 Å². The molecule has 2 aromatic rings. The molecule has 0 aliphatic heterocycles. The first-order valence-corrected chi connectivity index (χ1v) is 9.61. The van der Waals surface area contributed by atoms with Crippen molar-refractivity contribution in [3.63, 3.8) is 0 Å². The van der Waals surface area contributed by atoms with Crippen LogP contribution in [0.1, 0.15) is 46.6 Å². The van der Waals surface area contributed by atoms with Crippen LogP contribution in [0.2, 0.25) is 0 Å². The van der Waals surface area contributed by atoms with Crippen molar-refractivity contribution < 1.29 is 9.47 Å². The Kier molecular flexibility index (Phi) is 7.38. The van der Waals surface area contributed by atoms with E-state index in [1.807, 2.05) is 24.3 Å². The first kappa shape index (κ1) is 20.2. The maximum absolute atomic E-state index is 5.87. The van der Waals surface area contributed by atoms with E-state index in [2.05, 4.69) is 64.2 Å². The van der Waals surface area contributed by atoms with Crippen LogP contribution >= 0.6 is 0 Å². The molecule has 0 saturated carbocycles. The van der Waals surface area contributed by atoms with Crippen molar-refractivity contribution in [2.75, 3.05) is 25.1 Å². The number of hydrogen-bond donors (Lipinski definition) is 1. The quantitative estimate of drug-likeness (QED) is 0.538. The molecular formula is C23H33NO2. The van der Waals surface area contributed by atoms with Crippen LogP contribution in [0.15, 0.2) is 48.5 Å². The first-order valence-electron chi connectivity index (χ1n) is 9.61. The highest BCUT2D eigenvalue weighted by Crippen LogP contribution is 2.28. The third-order valence-electron chi connectivity index (χ3n) is 4.67. The lowest BCUT2D eigenvalue weighted by Crippen LogP contribution is -2.15. The van der Waals surface area contributed by atoms with Crippen LogP contribution in [0, 0.1) is 5.92 Å². The van der Waals surface area contributed by atoms with E-state index < -0.39 is 0 Å². The molecule has 0 saturated heterocycles. The van der Waals surface area contributed by atoms with Gasteiger partial charge in [0.15, 0.2) is 0 Å². The average molecular weight is 356 g/mol. The van der Waals surface area contributed by atoms with E-state index in [1.165, 1.54) is 5.56 Å². The standard InChI is InChI=1S/C23H33NO2/c1-6-23(4,5)19-11-13-20(14-12-19)25-16-15-24-21-9-7-8-10-22(21)26-17-18(2)3/h7-14,18,24H,6,15-17H2,1-5H3. The topological polar surface area (TPSA) is 30.5 Å². The summed E-state index contributed by atoms with van der Waals surface area (Å²) in [6.07, 6.45) is 1.12. The Morgan fingerprint density at radius 1 is 0.962 bits per heavy atom. The average Bonchev–Trinajstić information content (AvgIpc) is 2.64. The van der Waals surface area contributed by atoms with Crippen molar-refractivity contribution in [1.82, 2.24) is 0 Å². The first-order chi connectivity index (χ1) is 12.4. The fourth-order valence-corrected chi connectivity index (χ4v) is 2.56. The van der Waals surface area contributed by atoms with Crippen molar-refractivity contribution in [3.05, 3.63) is 54.1 Å². The van der Waals surface area contributed by atoms with Crippen LogP contribution in [0.3, 0.4) is 0 Å². The predicted octanol–water partition coefficient (Wildman–Crippen LogP) is 5.90. The summed E-state index contributed by atoms with van der Waals surface area (Å²) in [7, 11) is 0. The van der Waals surface area contributed by atoms with Crippen LogP contribution in [0.5, 0.6) is 11.5 Å². The summed E-state index contributed by atoms with van der Waals surface area (Å²) in [5.74, 6) is 2.31. The minimum atomic E-state index is 0.208. The number of benzene rings is 2. The molecule has 0 aliphatic rings. The second-order valence-corrected chi connectivity index (χ2v) is 7.74.